The van der Waals surface area contributed by atoms with Gasteiger partial charge in [0.15, 0.2) is 6.10 Å². The van der Waals surface area contributed by atoms with Gasteiger partial charge in [0.1, 0.15) is 12.7 Å². The molecular formula is C38H70O16P2. The van der Waals surface area contributed by atoms with Gasteiger partial charge in [-0.15, -0.1) is 0 Å². The van der Waals surface area contributed by atoms with Crippen LogP contribution in [0.3, 0.4) is 0 Å². The van der Waals surface area contributed by atoms with Crippen LogP contribution in [0.25, 0.3) is 0 Å². The number of esters is 2. The van der Waals surface area contributed by atoms with Gasteiger partial charge in [-0.1, -0.05) is 103 Å². The molecule has 8 atom stereocenters. The van der Waals surface area contributed by atoms with Gasteiger partial charge in [0.05, 0.1) is 38.1 Å². The summed E-state index contributed by atoms with van der Waals surface area (Å²) in [4.78, 5) is 52.6. The van der Waals surface area contributed by atoms with E-state index in [2.05, 4.69) is 29.8 Å². The molecule has 328 valence electrons. The normalized spacial score (nSPS) is 21.8. The van der Waals surface area contributed by atoms with Gasteiger partial charge in [-0.3, -0.25) is 23.2 Å². The number of carbonyl (C=O) groups is 2. The predicted octanol–water partition coefficient (Wildman–Crippen LogP) is 5.79. The molecule has 0 spiro atoms. The molecule has 0 bridgehead atoms. The summed E-state index contributed by atoms with van der Waals surface area (Å²) in [5.41, 5.74) is 0. The Labute approximate surface area is 332 Å². The molecule has 0 saturated heterocycles. The van der Waals surface area contributed by atoms with E-state index in [4.69, 9.17) is 23.8 Å². The van der Waals surface area contributed by atoms with Crippen LogP contribution in [0.15, 0.2) is 24.3 Å². The molecule has 18 heteroatoms. The van der Waals surface area contributed by atoms with E-state index in [1.807, 2.05) is 12.2 Å². The molecule has 0 amide bonds. The van der Waals surface area contributed by atoms with Crippen LogP contribution in [-0.4, -0.2) is 104 Å². The number of rotatable bonds is 33. The number of hydrogen-bond acceptors (Lipinski definition) is 13. The lowest BCUT2D eigenvalue weighted by Crippen LogP contribution is -2.29. The zero-order chi connectivity index (χ0) is 42.0. The first-order valence-corrected chi connectivity index (χ1v) is 23.2. The van der Waals surface area contributed by atoms with Gasteiger partial charge in [-0.2, -0.15) is 0 Å². The fraction of sp³-hybridized carbons (Fsp3) is 0.842. The smallest absolute Gasteiger partial charge is 0.462 e. The topological polar surface area (TPSA) is 256 Å². The van der Waals surface area contributed by atoms with E-state index in [-0.39, 0.29) is 31.1 Å². The number of carbonyl (C=O) groups excluding carboxylic acids is 2. The molecular weight excluding hydrogens is 774 g/mol. The molecule has 1 fully saturated rings. The summed E-state index contributed by atoms with van der Waals surface area (Å²) in [6.45, 7) is 3.55. The van der Waals surface area contributed by atoms with Crippen LogP contribution >= 0.6 is 15.6 Å². The van der Waals surface area contributed by atoms with Gasteiger partial charge >= 0.3 is 27.6 Å². The first-order chi connectivity index (χ1) is 26.4. The maximum atomic E-state index is 12.7. The van der Waals surface area contributed by atoms with Gasteiger partial charge in [0, 0.05) is 25.2 Å². The number of aliphatic hydroxyl groups is 4. The van der Waals surface area contributed by atoms with Crippen LogP contribution in [-0.2, 0) is 41.8 Å². The Bertz CT molecular complexity index is 1220. The van der Waals surface area contributed by atoms with Crippen molar-refractivity contribution < 1.29 is 76.9 Å². The van der Waals surface area contributed by atoms with Crippen molar-refractivity contribution in [3.63, 3.8) is 0 Å². The van der Waals surface area contributed by atoms with Crippen molar-refractivity contribution in [3.05, 3.63) is 24.3 Å². The number of phosphoric ester groups is 2. The van der Waals surface area contributed by atoms with Crippen molar-refractivity contribution in [2.45, 2.75) is 160 Å². The van der Waals surface area contributed by atoms with E-state index in [1.54, 1.807) is 12.2 Å². The Morgan fingerprint density at radius 3 is 2.05 bits per heavy atom. The molecule has 0 aromatic carbocycles. The third-order valence-corrected chi connectivity index (χ3v) is 10.8. The second kappa shape index (κ2) is 29.7. The largest absolute Gasteiger partial charge is 0.472 e. The molecule has 1 rings (SSSR count). The summed E-state index contributed by atoms with van der Waals surface area (Å²) in [6, 6.07) is 0. The van der Waals surface area contributed by atoms with Gasteiger partial charge < -0.3 is 44.6 Å². The minimum absolute atomic E-state index is 0.0446. The monoisotopic (exact) mass is 844 g/mol. The lowest BCUT2D eigenvalue weighted by Gasteiger charge is -2.20. The molecule has 1 unspecified atom stereocenters. The van der Waals surface area contributed by atoms with Crippen molar-refractivity contribution >= 4 is 27.6 Å². The molecule has 1 aliphatic carbocycles. The molecule has 7 N–H and O–H groups in total. The molecule has 56 heavy (non-hydrogen) atoms. The fourth-order valence-electron chi connectivity index (χ4n) is 6.17. The maximum Gasteiger partial charge on any atom is 0.472 e. The standard InChI is InChI=1S/C38H70O16P2/c1-4-5-12-18-30(39)22-23-34-33(35(41)24-36(34)42)19-14-10-11-16-21-38(44)54-32(27-50-37(43)20-15-9-7-6-8-13-17-29(2)3)28-53-56(48,49)52-26-31(40)25-51-55(45,46)47/h10,14,22-23,29-36,39-42H,4-9,11-13,15-21,24-28H2,1-3H3,(H,48,49)(H2,45,46,47)/b14-10+,23-22+/t30-,31-,32+,33+,34+,35-,36+/m0/s1. The Morgan fingerprint density at radius 2 is 1.38 bits per heavy atom. The summed E-state index contributed by atoms with van der Waals surface area (Å²) < 4.78 is 47.6. The highest BCUT2D eigenvalue weighted by atomic mass is 31.2. The lowest BCUT2D eigenvalue weighted by molar-refractivity contribution is -0.161. The number of phosphoric acid groups is 2. The number of unbranched alkanes of at least 4 members (excludes halogenated alkanes) is 8. The molecule has 0 radical (unpaired) electrons. The Kier molecular flexibility index (Phi) is 27.8. The molecule has 1 aliphatic rings. The van der Waals surface area contributed by atoms with Crippen LogP contribution < -0.4 is 0 Å². The summed E-state index contributed by atoms with van der Waals surface area (Å²) in [7, 11) is -9.76. The average molecular weight is 845 g/mol. The molecule has 16 nitrogen and oxygen atoms in total. The van der Waals surface area contributed by atoms with E-state index in [9.17, 15) is 44.0 Å². The van der Waals surface area contributed by atoms with E-state index in [1.165, 1.54) is 12.8 Å². The van der Waals surface area contributed by atoms with Crippen LogP contribution in [0.5, 0.6) is 0 Å². The zero-order valence-corrected chi connectivity index (χ0v) is 35.3. The third-order valence-electron chi connectivity index (χ3n) is 9.33. The maximum absolute atomic E-state index is 12.7. The van der Waals surface area contributed by atoms with Crippen molar-refractivity contribution in [2.24, 2.45) is 17.8 Å². The number of aliphatic hydroxyl groups excluding tert-OH is 4. The fourth-order valence-corrected chi connectivity index (χ4v) is 7.33. The summed E-state index contributed by atoms with van der Waals surface area (Å²) in [5, 5.41) is 41.0. The molecule has 0 aliphatic heterocycles. The second-order valence-electron chi connectivity index (χ2n) is 15.0. The first kappa shape index (κ1) is 52.5. The van der Waals surface area contributed by atoms with Gasteiger partial charge in [0.25, 0.3) is 0 Å². The van der Waals surface area contributed by atoms with Gasteiger partial charge in [-0.05, 0) is 43.9 Å². The molecule has 0 heterocycles. The number of hydrogen-bond donors (Lipinski definition) is 7. The van der Waals surface area contributed by atoms with Crippen molar-refractivity contribution in [1.29, 1.82) is 0 Å². The van der Waals surface area contributed by atoms with E-state index >= 15 is 0 Å². The Hall–Kier alpha value is -1.52. The number of allylic oxidation sites excluding steroid dienone is 2. The highest BCUT2D eigenvalue weighted by molar-refractivity contribution is 7.47. The van der Waals surface area contributed by atoms with Crippen LogP contribution in [0, 0.1) is 17.8 Å². The van der Waals surface area contributed by atoms with E-state index < -0.39 is 84.5 Å². The van der Waals surface area contributed by atoms with Crippen molar-refractivity contribution in [2.75, 3.05) is 26.4 Å². The molecule has 0 aromatic rings. The number of ether oxygens (including phenoxy) is 2. The summed E-state index contributed by atoms with van der Waals surface area (Å²) in [6.07, 6.45) is 14.7. The zero-order valence-electron chi connectivity index (χ0n) is 33.5. The van der Waals surface area contributed by atoms with Crippen LogP contribution in [0.2, 0.25) is 0 Å². The SMILES string of the molecule is CCCCC[C@H](O)/C=C/[C@@H]1[C@@H](C/C=C/CCCC(=O)O[C@H](COC(=O)CCCCCCCCC(C)C)COP(=O)(O)OC[C@@H](O)COP(=O)(O)O)[C@@H](O)C[C@H]1O. The molecule has 1 saturated carbocycles. The quantitative estimate of drug-likeness (QED) is 0.0178. The van der Waals surface area contributed by atoms with Crippen LogP contribution in [0.4, 0.5) is 0 Å². The summed E-state index contributed by atoms with van der Waals surface area (Å²) >= 11 is 0. The second-order valence-corrected chi connectivity index (χ2v) is 17.7. The van der Waals surface area contributed by atoms with E-state index in [0.29, 0.717) is 38.0 Å². The average Bonchev–Trinajstić information content (AvgIpc) is 3.39. The highest BCUT2D eigenvalue weighted by Crippen LogP contribution is 2.44. The minimum atomic E-state index is -4.89. The highest BCUT2D eigenvalue weighted by Gasteiger charge is 2.39. The molecule has 0 aromatic heterocycles. The summed E-state index contributed by atoms with van der Waals surface area (Å²) in [5.74, 6) is -1.06. The lowest BCUT2D eigenvalue weighted by atomic mass is 9.89. The van der Waals surface area contributed by atoms with Gasteiger partial charge in [-0.25, -0.2) is 9.13 Å². The van der Waals surface area contributed by atoms with E-state index in [0.717, 1.165) is 44.9 Å². The van der Waals surface area contributed by atoms with Gasteiger partial charge in [0.2, 0.25) is 0 Å². The van der Waals surface area contributed by atoms with Crippen molar-refractivity contribution in [3.8, 4) is 0 Å². The first-order valence-electron chi connectivity index (χ1n) is 20.1. The van der Waals surface area contributed by atoms with Crippen LogP contribution in [0.1, 0.15) is 130 Å². The van der Waals surface area contributed by atoms with Crippen molar-refractivity contribution in [1.82, 2.24) is 0 Å². The minimum Gasteiger partial charge on any atom is -0.462 e. The Morgan fingerprint density at radius 1 is 0.750 bits per heavy atom. The third kappa shape index (κ3) is 27.2. The predicted molar refractivity (Wildman–Crippen MR) is 209 cm³/mol. The Balaban J connectivity index is 2.64.